The second-order valence-electron chi connectivity index (χ2n) is 6.39. The third-order valence-corrected chi connectivity index (χ3v) is 4.71. The average molecular weight is 372 g/mol. The second kappa shape index (κ2) is 9.73. The quantitative estimate of drug-likeness (QED) is 0.883. The number of carbonyl (C=O) groups is 2. The third kappa shape index (κ3) is 5.41. The van der Waals surface area contributed by atoms with Crippen molar-refractivity contribution in [2.75, 3.05) is 26.2 Å². The van der Waals surface area contributed by atoms with E-state index in [0.29, 0.717) is 38.2 Å². The van der Waals surface area contributed by atoms with Crippen LogP contribution in [-0.2, 0) is 4.79 Å². The molecule has 2 atom stereocenters. The number of benzene rings is 1. The molecule has 0 saturated carbocycles. The summed E-state index contributed by atoms with van der Waals surface area (Å²) in [6.45, 7) is 6.03. The Morgan fingerprint density at radius 2 is 1.84 bits per heavy atom. The van der Waals surface area contributed by atoms with Crippen molar-refractivity contribution in [2.24, 2.45) is 11.7 Å². The topological polar surface area (TPSA) is 66.6 Å². The van der Waals surface area contributed by atoms with Crippen LogP contribution in [-0.4, -0.2) is 53.8 Å². The monoisotopic (exact) mass is 371 g/mol. The minimum absolute atomic E-state index is 0. The predicted molar refractivity (Wildman–Crippen MR) is 98.2 cm³/mol. The van der Waals surface area contributed by atoms with Crippen molar-refractivity contribution in [2.45, 2.75) is 32.7 Å². The van der Waals surface area contributed by atoms with E-state index in [4.69, 9.17) is 5.73 Å². The highest BCUT2D eigenvalue weighted by Gasteiger charge is 2.28. The van der Waals surface area contributed by atoms with Crippen molar-refractivity contribution in [3.05, 3.63) is 35.6 Å². The summed E-state index contributed by atoms with van der Waals surface area (Å²) in [5, 5.41) is 0. The molecule has 1 aliphatic rings. The Bertz CT molecular complexity index is 599. The lowest BCUT2D eigenvalue weighted by Crippen LogP contribution is -2.48. The number of hydrogen-bond donors (Lipinski definition) is 1. The highest BCUT2D eigenvalue weighted by Crippen LogP contribution is 2.13. The molecule has 1 heterocycles. The summed E-state index contributed by atoms with van der Waals surface area (Å²) in [7, 11) is 0. The van der Waals surface area contributed by atoms with Crippen LogP contribution in [0.15, 0.2) is 24.3 Å². The molecule has 140 valence electrons. The summed E-state index contributed by atoms with van der Waals surface area (Å²) in [6.07, 6.45) is 1.55. The van der Waals surface area contributed by atoms with Gasteiger partial charge in [0.25, 0.3) is 5.91 Å². The number of rotatable bonds is 4. The maximum Gasteiger partial charge on any atom is 0.254 e. The van der Waals surface area contributed by atoms with Gasteiger partial charge in [-0.25, -0.2) is 4.39 Å². The first-order valence-corrected chi connectivity index (χ1v) is 8.53. The van der Waals surface area contributed by atoms with Crippen molar-refractivity contribution in [1.29, 1.82) is 0 Å². The van der Waals surface area contributed by atoms with Gasteiger partial charge in [-0.3, -0.25) is 9.59 Å². The van der Waals surface area contributed by atoms with Crippen LogP contribution in [0, 0.1) is 11.7 Å². The molecule has 0 aliphatic carbocycles. The number of hydrogen-bond acceptors (Lipinski definition) is 3. The molecule has 1 aliphatic heterocycles. The molecule has 2 amide bonds. The SMILES string of the molecule is CCC(C)C(N)C(=O)N1CCCN(C(=O)c2cccc(F)c2)CC1.Cl. The maximum absolute atomic E-state index is 13.3. The largest absolute Gasteiger partial charge is 0.339 e. The van der Waals surface area contributed by atoms with Crippen molar-refractivity contribution in [3.8, 4) is 0 Å². The fraction of sp³-hybridized carbons (Fsp3) is 0.556. The van der Waals surface area contributed by atoms with E-state index in [0.717, 1.165) is 6.42 Å². The Hall–Kier alpha value is -1.66. The van der Waals surface area contributed by atoms with E-state index in [9.17, 15) is 14.0 Å². The lowest BCUT2D eigenvalue weighted by molar-refractivity contribution is -0.133. The van der Waals surface area contributed by atoms with E-state index in [1.165, 1.54) is 18.2 Å². The first-order chi connectivity index (χ1) is 11.4. The molecule has 1 fully saturated rings. The number of halogens is 2. The molecule has 5 nitrogen and oxygen atoms in total. The molecule has 1 aromatic rings. The zero-order valence-corrected chi connectivity index (χ0v) is 15.6. The van der Waals surface area contributed by atoms with Gasteiger partial charge in [0.2, 0.25) is 5.91 Å². The minimum Gasteiger partial charge on any atom is -0.339 e. The van der Waals surface area contributed by atoms with Crippen LogP contribution in [0.25, 0.3) is 0 Å². The van der Waals surface area contributed by atoms with Gasteiger partial charge in [0, 0.05) is 31.7 Å². The molecule has 1 aromatic carbocycles. The van der Waals surface area contributed by atoms with E-state index in [2.05, 4.69) is 0 Å². The van der Waals surface area contributed by atoms with E-state index in [-0.39, 0.29) is 30.1 Å². The van der Waals surface area contributed by atoms with Gasteiger partial charge in [-0.2, -0.15) is 0 Å². The molecule has 2 rings (SSSR count). The van der Waals surface area contributed by atoms with Gasteiger partial charge in [-0.05, 0) is 30.5 Å². The first-order valence-electron chi connectivity index (χ1n) is 8.53. The zero-order valence-electron chi connectivity index (χ0n) is 14.8. The van der Waals surface area contributed by atoms with Gasteiger partial charge >= 0.3 is 0 Å². The molecular weight excluding hydrogens is 345 g/mol. The van der Waals surface area contributed by atoms with E-state index < -0.39 is 11.9 Å². The predicted octanol–water partition coefficient (Wildman–Crippen LogP) is 2.30. The molecular formula is C18H27ClFN3O2. The van der Waals surface area contributed by atoms with Crippen LogP contribution in [0.5, 0.6) is 0 Å². The van der Waals surface area contributed by atoms with Crippen molar-refractivity contribution >= 4 is 24.2 Å². The molecule has 0 aromatic heterocycles. The van der Waals surface area contributed by atoms with Gasteiger partial charge in [0.05, 0.1) is 6.04 Å². The normalized spacial score (nSPS) is 17.3. The van der Waals surface area contributed by atoms with Crippen LogP contribution in [0.4, 0.5) is 4.39 Å². The molecule has 2 N–H and O–H groups in total. The smallest absolute Gasteiger partial charge is 0.254 e. The summed E-state index contributed by atoms with van der Waals surface area (Å²) >= 11 is 0. The van der Waals surface area contributed by atoms with Crippen LogP contribution < -0.4 is 5.73 Å². The van der Waals surface area contributed by atoms with Gasteiger partial charge in [-0.1, -0.05) is 26.3 Å². The third-order valence-electron chi connectivity index (χ3n) is 4.71. The summed E-state index contributed by atoms with van der Waals surface area (Å²) in [6, 6.07) is 5.20. The van der Waals surface area contributed by atoms with Gasteiger partial charge in [0.1, 0.15) is 5.82 Å². The number of amides is 2. The fourth-order valence-corrected chi connectivity index (χ4v) is 2.85. The molecule has 2 unspecified atom stereocenters. The molecule has 25 heavy (non-hydrogen) atoms. The highest BCUT2D eigenvalue weighted by atomic mass is 35.5. The van der Waals surface area contributed by atoms with Crippen LogP contribution in [0.3, 0.4) is 0 Å². The first kappa shape index (κ1) is 21.4. The van der Waals surface area contributed by atoms with E-state index in [1.807, 2.05) is 13.8 Å². The summed E-state index contributed by atoms with van der Waals surface area (Å²) in [5.41, 5.74) is 6.38. The van der Waals surface area contributed by atoms with Gasteiger partial charge in [-0.15, -0.1) is 12.4 Å². The Labute approximate surface area is 154 Å². The van der Waals surface area contributed by atoms with E-state index >= 15 is 0 Å². The summed E-state index contributed by atoms with van der Waals surface area (Å²) in [4.78, 5) is 28.4. The van der Waals surface area contributed by atoms with Crippen molar-refractivity contribution in [3.63, 3.8) is 0 Å². The minimum atomic E-state index is -0.500. The van der Waals surface area contributed by atoms with Crippen LogP contribution >= 0.6 is 12.4 Å². The standard InChI is InChI=1S/C18H26FN3O2.ClH/c1-3-13(2)16(20)18(24)22-9-5-8-21(10-11-22)17(23)14-6-4-7-15(19)12-14;/h4,6-7,12-13,16H,3,5,8-11,20H2,1-2H3;1H. The molecule has 1 saturated heterocycles. The zero-order chi connectivity index (χ0) is 17.7. The van der Waals surface area contributed by atoms with Crippen LogP contribution in [0.1, 0.15) is 37.0 Å². The molecule has 0 bridgehead atoms. The number of nitrogens with zero attached hydrogens (tertiary/aromatic N) is 2. The maximum atomic E-state index is 13.3. The lowest BCUT2D eigenvalue weighted by atomic mass is 9.99. The Balaban J connectivity index is 0.00000312. The van der Waals surface area contributed by atoms with Gasteiger partial charge in [0.15, 0.2) is 0 Å². The highest BCUT2D eigenvalue weighted by molar-refractivity contribution is 5.94. The second-order valence-corrected chi connectivity index (χ2v) is 6.39. The average Bonchev–Trinajstić information content (AvgIpc) is 2.85. The Morgan fingerprint density at radius 3 is 2.48 bits per heavy atom. The molecule has 7 heteroatoms. The molecule has 0 radical (unpaired) electrons. The van der Waals surface area contributed by atoms with Crippen molar-refractivity contribution in [1.82, 2.24) is 9.80 Å². The Kier molecular flexibility index (Phi) is 8.32. The van der Waals surface area contributed by atoms with Gasteiger partial charge < -0.3 is 15.5 Å². The van der Waals surface area contributed by atoms with Crippen molar-refractivity contribution < 1.29 is 14.0 Å². The lowest BCUT2D eigenvalue weighted by Gasteiger charge is -2.27. The number of nitrogens with two attached hydrogens (primary N) is 1. The fourth-order valence-electron chi connectivity index (χ4n) is 2.85. The number of carbonyl (C=O) groups excluding carboxylic acids is 2. The molecule has 0 spiro atoms. The Morgan fingerprint density at radius 1 is 1.20 bits per heavy atom. The summed E-state index contributed by atoms with van der Waals surface area (Å²) < 4.78 is 13.3. The van der Waals surface area contributed by atoms with Crippen LogP contribution in [0.2, 0.25) is 0 Å². The van der Waals surface area contributed by atoms with E-state index in [1.54, 1.807) is 15.9 Å². The summed E-state index contributed by atoms with van der Waals surface area (Å²) in [5.74, 6) is -0.544.